The maximum atomic E-state index is 12.4. The van der Waals surface area contributed by atoms with Crippen molar-refractivity contribution in [2.75, 3.05) is 6.54 Å². The molecule has 0 spiro atoms. The van der Waals surface area contributed by atoms with E-state index in [2.05, 4.69) is 19.2 Å². The van der Waals surface area contributed by atoms with Crippen molar-refractivity contribution in [3.8, 4) is 0 Å². The second kappa shape index (κ2) is 6.96. The first-order valence-electron chi connectivity index (χ1n) is 8.44. The molecule has 3 rings (SSSR count). The summed E-state index contributed by atoms with van der Waals surface area (Å²) in [6, 6.07) is 2.83. The first-order valence-corrected chi connectivity index (χ1v) is 9.19. The second-order valence-electron chi connectivity index (χ2n) is 6.95. The molecule has 0 saturated heterocycles. The molecule has 0 aromatic heterocycles. The van der Waals surface area contributed by atoms with Gasteiger partial charge in [-0.2, -0.15) is 0 Å². The molecule has 1 aliphatic carbocycles. The van der Waals surface area contributed by atoms with Crippen molar-refractivity contribution >= 4 is 40.9 Å². The molecule has 1 saturated carbocycles. The number of hydrogen-bond acceptors (Lipinski definition) is 3. The van der Waals surface area contributed by atoms with Crippen LogP contribution in [-0.2, 0) is 4.79 Å². The van der Waals surface area contributed by atoms with Gasteiger partial charge in [0.2, 0.25) is 5.91 Å². The van der Waals surface area contributed by atoms with Crippen LogP contribution in [0.2, 0.25) is 10.0 Å². The van der Waals surface area contributed by atoms with Crippen molar-refractivity contribution in [3.63, 3.8) is 0 Å². The Kier molecular flexibility index (Phi) is 5.07. The van der Waals surface area contributed by atoms with E-state index in [0.717, 1.165) is 24.2 Å². The van der Waals surface area contributed by atoms with Crippen LogP contribution in [0.25, 0.3) is 0 Å². The number of imide groups is 1. The normalized spacial score (nSPS) is 25.9. The molecule has 134 valence electrons. The largest absolute Gasteiger partial charge is 0.352 e. The highest BCUT2D eigenvalue weighted by Crippen LogP contribution is 2.32. The van der Waals surface area contributed by atoms with E-state index in [0.29, 0.717) is 11.8 Å². The summed E-state index contributed by atoms with van der Waals surface area (Å²) in [5.74, 6) is -0.435. The molecule has 0 bridgehead atoms. The molecule has 1 aromatic rings. The van der Waals surface area contributed by atoms with Crippen LogP contribution in [0.1, 0.15) is 53.8 Å². The van der Waals surface area contributed by atoms with E-state index >= 15 is 0 Å². The third-order valence-corrected chi connectivity index (χ3v) is 6.09. The quantitative estimate of drug-likeness (QED) is 0.813. The molecule has 1 aliphatic heterocycles. The SMILES string of the molecule is C[C@@H]1[C@@H](C)CCC[C@H]1NC(=O)CN1C(=O)c2cc(Cl)c(Cl)cc2C1=O. The fourth-order valence-corrected chi connectivity index (χ4v) is 3.94. The van der Waals surface area contributed by atoms with Gasteiger partial charge in [-0.05, 0) is 30.4 Å². The summed E-state index contributed by atoms with van der Waals surface area (Å²) in [4.78, 5) is 38.2. The summed E-state index contributed by atoms with van der Waals surface area (Å²) in [6.45, 7) is 4.01. The summed E-state index contributed by atoms with van der Waals surface area (Å²) >= 11 is 11.8. The lowest BCUT2D eigenvalue weighted by molar-refractivity contribution is -0.122. The molecule has 3 atom stereocenters. The van der Waals surface area contributed by atoms with E-state index < -0.39 is 11.8 Å². The molecule has 1 aromatic carbocycles. The van der Waals surface area contributed by atoms with Gasteiger partial charge in [0, 0.05) is 6.04 Å². The molecule has 25 heavy (non-hydrogen) atoms. The number of amides is 3. The lowest BCUT2D eigenvalue weighted by Crippen LogP contribution is -2.48. The Bertz CT molecular complexity index is 709. The van der Waals surface area contributed by atoms with Gasteiger partial charge in [0.05, 0.1) is 21.2 Å². The van der Waals surface area contributed by atoms with E-state index in [-0.39, 0.29) is 39.7 Å². The predicted octanol–water partition coefficient (Wildman–Crippen LogP) is 3.53. The Morgan fingerprint density at radius 3 is 2.24 bits per heavy atom. The number of nitrogens with zero attached hydrogens (tertiary/aromatic N) is 1. The van der Waals surface area contributed by atoms with Crippen LogP contribution >= 0.6 is 23.2 Å². The first-order chi connectivity index (χ1) is 11.8. The minimum atomic E-state index is -0.515. The number of nitrogens with one attached hydrogen (secondary N) is 1. The zero-order chi connectivity index (χ0) is 18.3. The van der Waals surface area contributed by atoms with Crippen LogP contribution in [0.4, 0.5) is 0 Å². The Morgan fingerprint density at radius 2 is 1.68 bits per heavy atom. The molecule has 2 aliphatic rings. The highest BCUT2D eigenvalue weighted by atomic mass is 35.5. The minimum absolute atomic E-state index is 0.0790. The van der Waals surface area contributed by atoms with E-state index in [1.165, 1.54) is 12.1 Å². The lowest BCUT2D eigenvalue weighted by atomic mass is 9.78. The molecular weight excluding hydrogens is 363 g/mol. The highest BCUT2D eigenvalue weighted by molar-refractivity contribution is 6.43. The topological polar surface area (TPSA) is 66.5 Å². The third kappa shape index (κ3) is 3.40. The number of fused-ring (bicyclic) bond motifs is 1. The van der Waals surface area contributed by atoms with Gasteiger partial charge in [-0.25, -0.2) is 0 Å². The third-order valence-electron chi connectivity index (χ3n) is 5.37. The van der Waals surface area contributed by atoms with Crippen LogP contribution in [0.15, 0.2) is 12.1 Å². The van der Waals surface area contributed by atoms with Gasteiger partial charge in [-0.1, -0.05) is 49.9 Å². The first kappa shape index (κ1) is 18.2. The molecule has 7 heteroatoms. The van der Waals surface area contributed by atoms with Crippen LogP contribution in [0.5, 0.6) is 0 Å². The average molecular weight is 383 g/mol. The predicted molar refractivity (Wildman–Crippen MR) is 95.9 cm³/mol. The van der Waals surface area contributed by atoms with Gasteiger partial charge >= 0.3 is 0 Å². The number of carbonyl (C=O) groups excluding carboxylic acids is 3. The smallest absolute Gasteiger partial charge is 0.262 e. The number of rotatable bonds is 3. The molecule has 0 radical (unpaired) electrons. The summed E-state index contributed by atoms with van der Waals surface area (Å²) in [6.07, 6.45) is 3.15. The Balaban J connectivity index is 1.70. The van der Waals surface area contributed by atoms with Crippen molar-refractivity contribution < 1.29 is 14.4 Å². The van der Waals surface area contributed by atoms with Crippen LogP contribution in [0, 0.1) is 11.8 Å². The second-order valence-corrected chi connectivity index (χ2v) is 7.76. The molecule has 3 amide bonds. The van der Waals surface area contributed by atoms with Crippen LogP contribution in [0.3, 0.4) is 0 Å². The minimum Gasteiger partial charge on any atom is -0.352 e. The number of halogens is 2. The summed E-state index contributed by atoms with van der Waals surface area (Å²) in [7, 11) is 0. The zero-order valence-electron chi connectivity index (χ0n) is 14.1. The van der Waals surface area contributed by atoms with Crippen molar-refractivity contribution in [2.24, 2.45) is 11.8 Å². The fraction of sp³-hybridized carbons (Fsp3) is 0.500. The molecular formula is C18H20Cl2N2O3. The average Bonchev–Trinajstić information content (AvgIpc) is 2.77. The van der Waals surface area contributed by atoms with Crippen LogP contribution in [-0.4, -0.2) is 35.2 Å². The van der Waals surface area contributed by atoms with Gasteiger partial charge in [0.15, 0.2) is 0 Å². The summed E-state index contributed by atoms with van der Waals surface area (Å²) in [5.41, 5.74) is 0.374. The van der Waals surface area contributed by atoms with Gasteiger partial charge in [-0.15, -0.1) is 0 Å². The van der Waals surface area contributed by atoms with E-state index in [1.54, 1.807) is 0 Å². The summed E-state index contributed by atoms with van der Waals surface area (Å²) in [5, 5.41) is 3.39. The molecule has 1 N–H and O–H groups in total. The van der Waals surface area contributed by atoms with Crippen LogP contribution < -0.4 is 5.32 Å². The summed E-state index contributed by atoms with van der Waals surface area (Å²) < 4.78 is 0. The van der Waals surface area contributed by atoms with Crippen molar-refractivity contribution in [1.82, 2.24) is 10.2 Å². The monoisotopic (exact) mass is 382 g/mol. The number of carbonyl (C=O) groups is 3. The molecule has 1 heterocycles. The maximum Gasteiger partial charge on any atom is 0.262 e. The van der Waals surface area contributed by atoms with Crippen molar-refractivity contribution in [3.05, 3.63) is 33.3 Å². The molecule has 5 nitrogen and oxygen atoms in total. The van der Waals surface area contributed by atoms with E-state index in [1.807, 2.05) is 0 Å². The molecule has 1 fully saturated rings. The fourth-order valence-electron chi connectivity index (χ4n) is 3.61. The van der Waals surface area contributed by atoms with Gasteiger partial charge in [-0.3, -0.25) is 19.3 Å². The highest BCUT2D eigenvalue weighted by Gasteiger charge is 2.38. The van der Waals surface area contributed by atoms with Crippen molar-refractivity contribution in [1.29, 1.82) is 0 Å². The Hall–Kier alpha value is -1.59. The number of hydrogen-bond donors (Lipinski definition) is 1. The zero-order valence-corrected chi connectivity index (χ0v) is 15.7. The molecule has 0 unspecified atom stereocenters. The van der Waals surface area contributed by atoms with Crippen molar-refractivity contribution in [2.45, 2.75) is 39.2 Å². The van der Waals surface area contributed by atoms with E-state index in [4.69, 9.17) is 23.2 Å². The van der Waals surface area contributed by atoms with E-state index in [9.17, 15) is 14.4 Å². The number of benzene rings is 1. The van der Waals surface area contributed by atoms with Gasteiger partial charge in [0.25, 0.3) is 11.8 Å². The lowest BCUT2D eigenvalue weighted by Gasteiger charge is -2.34. The van der Waals surface area contributed by atoms with Gasteiger partial charge in [0.1, 0.15) is 6.54 Å². The standard InChI is InChI=1S/C18H20Cl2N2O3/c1-9-4-3-5-15(10(9)2)21-16(23)8-22-17(24)11-6-13(19)14(20)7-12(11)18(22)25/h6-7,9-10,15H,3-5,8H2,1-2H3,(H,21,23)/t9-,10+,15+/m0/s1. The Labute approximate surface area is 156 Å². The Morgan fingerprint density at radius 1 is 1.12 bits per heavy atom. The van der Waals surface area contributed by atoms with Gasteiger partial charge < -0.3 is 5.32 Å². The maximum absolute atomic E-state index is 12.4.